The van der Waals surface area contributed by atoms with Crippen LogP contribution in [0.1, 0.15) is 13.3 Å². The van der Waals surface area contributed by atoms with Crippen molar-refractivity contribution < 1.29 is 4.43 Å². The van der Waals surface area contributed by atoms with Crippen LogP contribution in [0.4, 0.5) is 0 Å². The Kier molecular flexibility index (Phi) is 4.93. The van der Waals surface area contributed by atoms with Gasteiger partial charge < -0.3 is 4.43 Å². The average Bonchev–Trinajstić information content (AvgIpc) is 1.84. The summed E-state index contributed by atoms with van der Waals surface area (Å²) in [6.45, 7) is 8.73. The molecule has 1 nitrogen and oxygen atoms in total. The van der Waals surface area contributed by atoms with Gasteiger partial charge in [-0.25, -0.2) is 0 Å². The van der Waals surface area contributed by atoms with Crippen molar-refractivity contribution in [2.45, 2.75) is 33.0 Å². The van der Waals surface area contributed by atoms with Gasteiger partial charge in [0.05, 0.1) is 0 Å². The molecule has 0 N–H and O–H groups in total. The van der Waals surface area contributed by atoms with Crippen LogP contribution in [0, 0.1) is 0 Å². The lowest BCUT2D eigenvalue weighted by molar-refractivity contribution is 0.462. The molecule has 0 aromatic carbocycles. The predicted molar refractivity (Wildman–Crippen MR) is 56.3 cm³/mol. The van der Waals surface area contributed by atoms with E-state index in [1.807, 2.05) is 0 Å². The fourth-order valence-corrected chi connectivity index (χ4v) is 2.74. The quantitative estimate of drug-likeness (QED) is 0.496. The van der Waals surface area contributed by atoms with Gasteiger partial charge in [0.25, 0.3) is 0 Å². The van der Waals surface area contributed by atoms with Crippen LogP contribution >= 0.6 is 11.8 Å². The zero-order chi connectivity index (χ0) is 8.91. The fraction of sp³-hybridized carbons (Fsp3) is 0.750. The van der Waals surface area contributed by atoms with Crippen LogP contribution in [0.5, 0.6) is 0 Å². The zero-order valence-corrected chi connectivity index (χ0v) is 9.92. The Morgan fingerprint density at radius 1 is 1.45 bits per heavy atom. The molecule has 0 saturated heterocycles. The first kappa shape index (κ1) is 11.1. The first-order valence-electron chi connectivity index (χ1n) is 3.92. The molecule has 0 aromatic heterocycles. The maximum atomic E-state index is 5.79. The van der Waals surface area contributed by atoms with Crippen LogP contribution in [0.3, 0.4) is 0 Å². The van der Waals surface area contributed by atoms with Crippen LogP contribution in [-0.2, 0) is 4.43 Å². The molecule has 11 heavy (non-hydrogen) atoms. The molecule has 0 aliphatic heterocycles. The van der Waals surface area contributed by atoms with Crippen molar-refractivity contribution in [3.05, 3.63) is 11.2 Å². The number of hydrogen-bond acceptors (Lipinski definition) is 2. The van der Waals surface area contributed by atoms with Crippen LogP contribution in [0.2, 0.25) is 19.6 Å². The molecule has 0 bridgehead atoms. The van der Waals surface area contributed by atoms with Gasteiger partial charge in [0.15, 0.2) is 0 Å². The van der Waals surface area contributed by atoms with E-state index in [1.165, 1.54) is 0 Å². The molecule has 0 saturated carbocycles. The van der Waals surface area contributed by atoms with E-state index in [9.17, 15) is 0 Å². The SMILES string of the molecule is CC/C=C(/O[Si](C)(C)C)SC. The van der Waals surface area contributed by atoms with Crippen LogP contribution < -0.4 is 0 Å². The normalized spacial score (nSPS) is 13.4. The standard InChI is InChI=1S/C8H18OSSi/c1-6-7-8(10-2)9-11(3,4)5/h7H,6H2,1-5H3/b8-7-. The summed E-state index contributed by atoms with van der Waals surface area (Å²) in [6, 6.07) is 0. The van der Waals surface area contributed by atoms with Crippen LogP contribution in [-0.4, -0.2) is 14.6 Å². The second kappa shape index (κ2) is 4.88. The van der Waals surface area contributed by atoms with Crippen molar-refractivity contribution >= 4 is 20.1 Å². The minimum Gasteiger partial charge on any atom is -0.540 e. The summed E-state index contributed by atoms with van der Waals surface area (Å²) in [5.41, 5.74) is 0. The molecule has 66 valence electrons. The third kappa shape index (κ3) is 6.50. The van der Waals surface area contributed by atoms with E-state index in [2.05, 4.69) is 38.9 Å². The van der Waals surface area contributed by atoms with E-state index in [1.54, 1.807) is 11.8 Å². The van der Waals surface area contributed by atoms with Gasteiger partial charge in [-0.05, 0) is 38.4 Å². The summed E-state index contributed by atoms with van der Waals surface area (Å²) in [6.07, 6.45) is 5.26. The van der Waals surface area contributed by atoms with Crippen molar-refractivity contribution in [2.75, 3.05) is 6.26 Å². The van der Waals surface area contributed by atoms with Crippen LogP contribution in [0.15, 0.2) is 11.2 Å². The van der Waals surface area contributed by atoms with E-state index in [0.717, 1.165) is 11.5 Å². The second-order valence-corrected chi connectivity index (χ2v) is 8.59. The third-order valence-corrected chi connectivity index (χ3v) is 2.61. The molecule has 0 aromatic rings. The maximum absolute atomic E-state index is 5.79. The third-order valence-electron chi connectivity index (χ3n) is 0.979. The fourth-order valence-electron chi connectivity index (χ4n) is 0.635. The number of rotatable bonds is 4. The van der Waals surface area contributed by atoms with Gasteiger partial charge in [0, 0.05) is 0 Å². The lowest BCUT2D eigenvalue weighted by atomic mass is 10.5. The Bertz CT molecular complexity index is 138. The Morgan fingerprint density at radius 2 is 2.00 bits per heavy atom. The summed E-state index contributed by atoms with van der Waals surface area (Å²) in [7, 11) is -1.37. The van der Waals surface area contributed by atoms with Gasteiger partial charge in [0.1, 0.15) is 5.09 Å². The Hall–Kier alpha value is 0.107. The summed E-state index contributed by atoms with van der Waals surface area (Å²) in [4.78, 5) is 0. The maximum Gasteiger partial charge on any atom is 0.242 e. The highest BCUT2D eigenvalue weighted by Crippen LogP contribution is 2.19. The topological polar surface area (TPSA) is 9.23 Å². The van der Waals surface area contributed by atoms with Crippen molar-refractivity contribution in [3.8, 4) is 0 Å². The molecule has 0 atom stereocenters. The van der Waals surface area contributed by atoms with E-state index in [4.69, 9.17) is 4.43 Å². The number of allylic oxidation sites excluding steroid dienone is 1. The van der Waals surface area contributed by atoms with Gasteiger partial charge in [-0.2, -0.15) is 0 Å². The van der Waals surface area contributed by atoms with E-state index in [0.29, 0.717) is 0 Å². The molecule has 0 radical (unpaired) electrons. The first-order chi connectivity index (χ1) is 4.99. The Labute approximate surface area is 75.3 Å². The predicted octanol–water partition coefficient (Wildman–Crippen LogP) is 3.45. The van der Waals surface area contributed by atoms with Crippen molar-refractivity contribution in [1.82, 2.24) is 0 Å². The van der Waals surface area contributed by atoms with Gasteiger partial charge in [-0.15, -0.1) is 0 Å². The van der Waals surface area contributed by atoms with Gasteiger partial charge in [0.2, 0.25) is 8.32 Å². The molecule has 0 spiro atoms. The summed E-state index contributed by atoms with van der Waals surface area (Å²) in [5, 5.41) is 1.09. The van der Waals surface area contributed by atoms with E-state index < -0.39 is 8.32 Å². The van der Waals surface area contributed by atoms with Crippen molar-refractivity contribution in [1.29, 1.82) is 0 Å². The van der Waals surface area contributed by atoms with Gasteiger partial charge in [-0.1, -0.05) is 18.7 Å². The lowest BCUT2D eigenvalue weighted by Crippen LogP contribution is -2.24. The smallest absolute Gasteiger partial charge is 0.242 e. The largest absolute Gasteiger partial charge is 0.540 e. The summed E-state index contributed by atoms with van der Waals surface area (Å²) in [5.74, 6) is 0. The molecule has 0 aliphatic carbocycles. The second-order valence-electron chi connectivity index (χ2n) is 3.35. The van der Waals surface area contributed by atoms with Crippen LogP contribution in [0.25, 0.3) is 0 Å². The minimum atomic E-state index is -1.37. The minimum absolute atomic E-state index is 1.06. The summed E-state index contributed by atoms with van der Waals surface area (Å²) < 4.78 is 5.79. The molecular formula is C8H18OSSi. The number of thioether (sulfide) groups is 1. The molecular weight excluding hydrogens is 172 g/mol. The highest BCUT2D eigenvalue weighted by Gasteiger charge is 2.16. The van der Waals surface area contributed by atoms with Gasteiger partial charge >= 0.3 is 0 Å². The molecule has 0 heterocycles. The number of hydrogen-bond donors (Lipinski definition) is 0. The Balaban J connectivity index is 3.99. The summed E-state index contributed by atoms with van der Waals surface area (Å²) >= 11 is 1.69. The first-order valence-corrected chi connectivity index (χ1v) is 8.56. The molecule has 0 fully saturated rings. The highest BCUT2D eigenvalue weighted by atomic mass is 32.2. The van der Waals surface area contributed by atoms with E-state index >= 15 is 0 Å². The van der Waals surface area contributed by atoms with Gasteiger partial charge in [-0.3, -0.25) is 0 Å². The highest BCUT2D eigenvalue weighted by molar-refractivity contribution is 8.02. The molecule has 0 amide bonds. The van der Waals surface area contributed by atoms with Crippen molar-refractivity contribution in [3.63, 3.8) is 0 Å². The van der Waals surface area contributed by atoms with E-state index in [-0.39, 0.29) is 0 Å². The zero-order valence-electron chi connectivity index (χ0n) is 8.10. The molecule has 0 aliphatic rings. The average molecular weight is 190 g/mol. The molecule has 0 rings (SSSR count). The lowest BCUT2D eigenvalue weighted by Gasteiger charge is -2.20. The molecule has 3 heteroatoms. The monoisotopic (exact) mass is 190 g/mol. The molecule has 0 unspecified atom stereocenters. The Morgan fingerprint density at radius 3 is 2.27 bits per heavy atom. The van der Waals surface area contributed by atoms with Crippen molar-refractivity contribution in [2.24, 2.45) is 0 Å².